The predicted octanol–water partition coefficient (Wildman–Crippen LogP) is 5.39. The Hall–Kier alpha value is -6.42. The fourth-order valence-electron chi connectivity index (χ4n) is 5.34. The molecule has 0 aliphatic heterocycles. The van der Waals surface area contributed by atoms with Crippen molar-refractivity contribution in [1.29, 1.82) is 0 Å². The minimum atomic E-state index is -1.06. The van der Waals surface area contributed by atoms with Crippen LogP contribution in [0.3, 0.4) is 0 Å². The highest BCUT2D eigenvalue weighted by Crippen LogP contribution is 2.50. The minimum Gasteiger partial charge on any atom is -0.507 e. The molecule has 214 valence electrons. The molecule has 10 heteroatoms. The number of para-hydroxylation sites is 2. The second-order valence-corrected chi connectivity index (χ2v) is 9.94. The highest BCUT2D eigenvalue weighted by Gasteiger charge is 2.33. The molecule has 4 heterocycles. The zero-order valence-electron chi connectivity index (χ0n) is 22.6. The Kier molecular flexibility index (Phi) is 6.10. The maximum atomic E-state index is 13.4. The molecule has 0 saturated heterocycles. The van der Waals surface area contributed by atoms with Gasteiger partial charge in [-0.2, -0.15) is 4.57 Å². The molecule has 7 aromatic rings. The molecule has 0 aliphatic carbocycles. The van der Waals surface area contributed by atoms with Gasteiger partial charge in [0.2, 0.25) is 0 Å². The van der Waals surface area contributed by atoms with Gasteiger partial charge in [-0.1, -0.05) is 30.3 Å². The van der Waals surface area contributed by atoms with Crippen LogP contribution in [0.2, 0.25) is 0 Å². The number of aromatic nitrogens is 2. The Morgan fingerprint density at radius 2 is 1.14 bits per heavy atom. The summed E-state index contributed by atoms with van der Waals surface area (Å²) in [6, 6.07) is 22.5. The van der Waals surface area contributed by atoms with Crippen LogP contribution in [-0.4, -0.2) is 25.4 Å². The molecule has 0 bridgehead atoms. The fraction of sp³-hybridized carbons (Fsp3) is 0. The Morgan fingerprint density at radius 1 is 0.591 bits per heavy atom. The van der Waals surface area contributed by atoms with E-state index in [4.69, 9.17) is 8.83 Å². The number of phenolic OH excluding ortho intramolecular Hbond substituents is 2. The number of pyridine rings is 2. The van der Waals surface area contributed by atoms with Crippen molar-refractivity contribution in [2.75, 3.05) is 0 Å². The van der Waals surface area contributed by atoms with Crippen molar-refractivity contribution in [1.82, 2.24) is 4.98 Å². The standard InChI is InChI=1S/C34H20N2O8/c37-23-17-22(36-15-12-18(13-16-36)21-9-5-6-14-35-21)32(40)27(29-31(39)20-8-2-4-11-25(20)44-34(29)42)26(23)28-30(38)19-7-1-3-10-24(19)43-33(28)41/h1-17,35H,(H2,37,38,39,40,41,42)/p+1. The number of nitrogens with zero attached hydrogens (tertiary/aromatic N) is 2. The molecular weight excluding hydrogens is 564 g/mol. The van der Waals surface area contributed by atoms with Gasteiger partial charge in [0, 0.05) is 29.5 Å². The van der Waals surface area contributed by atoms with E-state index >= 15 is 0 Å². The summed E-state index contributed by atoms with van der Waals surface area (Å²) in [5.74, 6) is -2.32. The van der Waals surface area contributed by atoms with Gasteiger partial charge in [-0.25, -0.2) is 9.59 Å². The van der Waals surface area contributed by atoms with Crippen LogP contribution in [0.25, 0.3) is 61.1 Å². The van der Waals surface area contributed by atoms with Crippen LogP contribution in [0, 0.1) is 0 Å². The van der Waals surface area contributed by atoms with Gasteiger partial charge in [-0.15, -0.1) is 0 Å². The van der Waals surface area contributed by atoms with E-state index in [2.05, 4.69) is 4.98 Å². The molecule has 0 fully saturated rings. The van der Waals surface area contributed by atoms with Gasteiger partial charge in [0.25, 0.3) is 5.69 Å². The van der Waals surface area contributed by atoms with Crippen LogP contribution in [-0.2, 0) is 0 Å². The molecule has 0 amide bonds. The summed E-state index contributed by atoms with van der Waals surface area (Å²) in [7, 11) is 0. The summed E-state index contributed by atoms with van der Waals surface area (Å²) in [6.07, 6.45) is 4.87. The lowest BCUT2D eigenvalue weighted by atomic mass is 9.91. The highest BCUT2D eigenvalue weighted by molar-refractivity contribution is 6.02. The maximum Gasteiger partial charge on any atom is 0.348 e. The molecule has 0 radical (unpaired) electrons. The summed E-state index contributed by atoms with van der Waals surface area (Å²) in [5.41, 5.74) is -2.43. The second-order valence-electron chi connectivity index (χ2n) is 9.94. The molecule has 7 rings (SSSR count). The van der Waals surface area contributed by atoms with Crippen molar-refractivity contribution < 1.29 is 33.8 Å². The van der Waals surface area contributed by atoms with E-state index in [9.17, 15) is 30.0 Å². The molecule has 3 aromatic carbocycles. The van der Waals surface area contributed by atoms with E-state index in [-0.39, 0.29) is 27.6 Å². The maximum absolute atomic E-state index is 13.4. The first-order valence-electron chi connectivity index (χ1n) is 13.4. The zero-order valence-corrected chi connectivity index (χ0v) is 22.6. The van der Waals surface area contributed by atoms with Crippen molar-refractivity contribution in [3.05, 3.63) is 124 Å². The quantitative estimate of drug-likeness (QED) is 0.121. The lowest BCUT2D eigenvalue weighted by molar-refractivity contribution is -0.596. The molecule has 0 saturated carbocycles. The lowest BCUT2D eigenvalue weighted by Crippen LogP contribution is -2.29. The minimum absolute atomic E-state index is 0.00885. The Labute approximate surface area is 247 Å². The Morgan fingerprint density at radius 3 is 1.70 bits per heavy atom. The largest absolute Gasteiger partial charge is 0.507 e. The molecule has 0 unspecified atom stereocenters. The molecule has 4 N–H and O–H groups in total. The number of rotatable bonds is 4. The van der Waals surface area contributed by atoms with E-state index in [1.807, 2.05) is 12.1 Å². The summed E-state index contributed by atoms with van der Waals surface area (Å²) in [5, 5.41) is 46.2. The molecule has 44 heavy (non-hydrogen) atoms. The fourth-order valence-corrected chi connectivity index (χ4v) is 5.34. The summed E-state index contributed by atoms with van der Waals surface area (Å²) in [4.78, 5) is 31.1. The highest BCUT2D eigenvalue weighted by atomic mass is 16.4. The van der Waals surface area contributed by atoms with Gasteiger partial charge in [0.15, 0.2) is 18.1 Å². The van der Waals surface area contributed by atoms with Crippen molar-refractivity contribution in [3.8, 4) is 62.2 Å². The van der Waals surface area contributed by atoms with E-state index in [0.29, 0.717) is 5.69 Å². The number of fused-ring (bicyclic) bond motifs is 2. The van der Waals surface area contributed by atoms with Crippen molar-refractivity contribution >= 4 is 21.9 Å². The van der Waals surface area contributed by atoms with Gasteiger partial charge in [-0.3, -0.25) is 4.98 Å². The van der Waals surface area contributed by atoms with Crippen LogP contribution in [0.1, 0.15) is 0 Å². The average molecular weight is 586 g/mol. The van der Waals surface area contributed by atoms with Gasteiger partial charge in [-0.05, 0) is 36.4 Å². The smallest absolute Gasteiger partial charge is 0.348 e. The van der Waals surface area contributed by atoms with Crippen LogP contribution in [0.4, 0.5) is 0 Å². The normalized spacial score (nSPS) is 11.3. The van der Waals surface area contributed by atoms with Gasteiger partial charge >= 0.3 is 11.3 Å². The number of aromatic hydroxyl groups is 4. The summed E-state index contributed by atoms with van der Waals surface area (Å²) in [6.45, 7) is 0. The third-order valence-electron chi connectivity index (χ3n) is 7.40. The van der Waals surface area contributed by atoms with Crippen molar-refractivity contribution in [3.63, 3.8) is 0 Å². The van der Waals surface area contributed by atoms with Gasteiger partial charge in [0.1, 0.15) is 39.5 Å². The van der Waals surface area contributed by atoms with Crippen LogP contribution in [0.5, 0.6) is 23.0 Å². The van der Waals surface area contributed by atoms with E-state index in [1.165, 1.54) is 34.9 Å². The van der Waals surface area contributed by atoms with E-state index in [1.54, 1.807) is 61.1 Å². The Bertz CT molecular complexity index is 2360. The van der Waals surface area contributed by atoms with E-state index < -0.39 is 56.5 Å². The van der Waals surface area contributed by atoms with Crippen LogP contribution < -0.4 is 15.8 Å². The molecule has 10 nitrogen and oxygen atoms in total. The summed E-state index contributed by atoms with van der Waals surface area (Å²) < 4.78 is 12.4. The van der Waals surface area contributed by atoms with Crippen LogP contribution >= 0.6 is 0 Å². The molecule has 4 aromatic heterocycles. The van der Waals surface area contributed by atoms with Gasteiger partial charge in [0.05, 0.1) is 28.1 Å². The van der Waals surface area contributed by atoms with Crippen molar-refractivity contribution in [2.24, 2.45) is 0 Å². The average Bonchev–Trinajstić information content (AvgIpc) is 3.04. The van der Waals surface area contributed by atoms with E-state index in [0.717, 1.165) is 5.56 Å². The van der Waals surface area contributed by atoms with Gasteiger partial charge < -0.3 is 29.3 Å². The van der Waals surface area contributed by atoms with Crippen LogP contribution in [0.15, 0.2) is 122 Å². The van der Waals surface area contributed by atoms with Crippen molar-refractivity contribution in [2.45, 2.75) is 0 Å². The first-order chi connectivity index (χ1) is 21.3. The lowest BCUT2D eigenvalue weighted by Gasteiger charge is -2.16. The first-order valence-corrected chi connectivity index (χ1v) is 13.4. The summed E-state index contributed by atoms with van der Waals surface area (Å²) >= 11 is 0. The molecular formula is C34H21N2O8+. The third kappa shape index (κ3) is 4.12. The second kappa shape index (κ2) is 10.1. The Balaban J connectivity index is 1.56. The predicted molar refractivity (Wildman–Crippen MR) is 161 cm³/mol. The number of hydrogen-bond donors (Lipinski definition) is 4. The molecule has 0 spiro atoms. The molecule has 0 atom stereocenters. The monoisotopic (exact) mass is 585 g/mol. The molecule has 0 aliphatic rings. The topological polar surface area (TPSA) is 158 Å². The number of benzene rings is 3. The zero-order chi connectivity index (χ0) is 30.5. The number of hydrogen-bond acceptors (Lipinski definition) is 9. The first kappa shape index (κ1) is 26.5. The third-order valence-corrected chi connectivity index (χ3v) is 7.40. The SMILES string of the molecule is O=c1oc2ccccc2c(O)c1-c1c(O)cc(-[n+]2ccc(-c3ccccn3)cc2)c(O)c1-c1c(O)c2ccccc2oc1=O. The number of phenols is 2.